The summed E-state index contributed by atoms with van der Waals surface area (Å²) in [5.41, 5.74) is 6.09. The highest BCUT2D eigenvalue weighted by molar-refractivity contribution is 4.95. The zero-order valence-electron chi connectivity index (χ0n) is 10.2. The number of nitrogens with one attached hydrogen (secondary N) is 2. The lowest BCUT2D eigenvalue weighted by Gasteiger charge is -2.26. The van der Waals surface area contributed by atoms with Crippen LogP contribution in [0.25, 0.3) is 0 Å². The molecular formula is C12H22N2O3. The number of aliphatic hydroxyl groups excluding tert-OH is 1. The molecule has 0 amide bonds. The molecule has 0 bridgehead atoms. The topological polar surface area (TPSA) is 73.8 Å². The van der Waals surface area contributed by atoms with Crippen molar-refractivity contribution in [3.8, 4) is 0 Å². The van der Waals surface area contributed by atoms with Crippen molar-refractivity contribution in [1.29, 1.82) is 0 Å². The average Bonchev–Trinajstić information content (AvgIpc) is 2.69. The molecule has 4 unspecified atom stereocenters. The first-order valence-electron chi connectivity index (χ1n) is 6.32. The van der Waals surface area contributed by atoms with Crippen molar-refractivity contribution in [2.45, 2.75) is 50.7 Å². The van der Waals surface area contributed by atoms with Gasteiger partial charge in [-0.05, 0) is 26.2 Å². The van der Waals surface area contributed by atoms with Crippen molar-refractivity contribution < 1.29 is 14.9 Å². The number of allylic oxidation sites excluding steroid dienone is 1. The van der Waals surface area contributed by atoms with Gasteiger partial charge in [0, 0.05) is 12.0 Å². The molecule has 5 nitrogen and oxygen atoms in total. The van der Waals surface area contributed by atoms with E-state index in [2.05, 4.69) is 23.0 Å². The minimum absolute atomic E-state index is 0.101. The predicted molar refractivity (Wildman–Crippen MR) is 64.0 cm³/mol. The molecule has 5 heteroatoms. The Morgan fingerprint density at radius 3 is 2.88 bits per heavy atom. The van der Waals surface area contributed by atoms with Crippen LogP contribution in [0.1, 0.15) is 26.2 Å². The highest BCUT2D eigenvalue weighted by atomic mass is 16.5. The zero-order valence-corrected chi connectivity index (χ0v) is 10.2. The summed E-state index contributed by atoms with van der Waals surface area (Å²) in [5.74, 6) is 0.101. The van der Waals surface area contributed by atoms with E-state index in [0.717, 1.165) is 19.3 Å². The Hall–Kier alpha value is -0.460. The predicted octanol–water partition coefficient (Wildman–Crippen LogP) is -0.0965. The summed E-state index contributed by atoms with van der Waals surface area (Å²) in [4.78, 5) is 0. The molecule has 4 N–H and O–H groups in total. The maximum absolute atomic E-state index is 9.33. The lowest BCUT2D eigenvalue weighted by molar-refractivity contribution is -0.0847. The lowest BCUT2D eigenvalue weighted by atomic mass is 9.91. The average molecular weight is 242 g/mol. The molecule has 2 aliphatic rings. The van der Waals surface area contributed by atoms with Gasteiger partial charge in [0.1, 0.15) is 0 Å². The summed E-state index contributed by atoms with van der Waals surface area (Å²) in [5, 5.41) is 18.7. The van der Waals surface area contributed by atoms with E-state index in [9.17, 15) is 10.2 Å². The standard InChI is InChI=1S/C12H22N2O3/c1-8-5-3-2-4-6-10-9(7-17-8)11(12(15)16)14-13-10/h2-3,8-16H,4-7H2,1H3/b3-2-. The SMILES string of the molecule is CC1C/C=C\CCC2NNC(C(O)O)C2CO1. The van der Waals surface area contributed by atoms with Crippen molar-refractivity contribution in [2.24, 2.45) is 5.92 Å². The Balaban J connectivity index is 2.03. The molecule has 0 aromatic carbocycles. The number of hydrogen-bond donors (Lipinski definition) is 4. The van der Waals surface area contributed by atoms with Gasteiger partial charge in [0.05, 0.1) is 18.8 Å². The Kier molecular flexibility index (Phi) is 4.53. The molecule has 0 spiro atoms. The number of hydrazine groups is 1. The third-order valence-corrected chi connectivity index (χ3v) is 3.59. The van der Waals surface area contributed by atoms with E-state index < -0.39 is 6.29 Å². The number of ether oxygens (including phenoxy) is 1. The van der Waals surface area contributed by atoms with Crippen LogP contribution in [0, 0.1) is 5.92 Å². The molecule has 0 saturated carbocycles. The van der Waals surface area contributed by atoms with Crippen LogP contribution in [0.5, 0.6) is 0 Å². The van der Waals surface area contributed by atoms with Gasteiger partial charge in [-0.3, -0.25) is 5.43 Å². The van der Waals surface area contributed by atoms with Crippen LogP contribution < -0.4 is 10.9 Å². The smallest absolute Gasteiger partial charge is 0.168 e. The fraction of sp³-hybridized carbons (Fsp3) is 0.833. The first-order chi connectivity index (χ1) is 8.18. The van der Waals surface area contributed by atoms with E-state index in [1.807, 2.05) is 6.92 Å². The number of aliphatic hydroxyl groups is 2. The Bertz CT molecular complexity index is 270. The van der Waals surface area contributed by atoms with Crippen LogP contribution in [-0.4, -0.2) is 41.3 Å². The second kappa shape index (κ2) is 5.93. The van der Waals surface area contributed by atoms with E-state index in [0.29, 0.717) is 6.61 Å². The molecular weight excluding hydrogens is 220 g/mol. The summed E-state index contributed by atoms with van der Waals surface area (Å²) in [7, 11) is 0. The molecule has 0 radical (unpaired) electrons. The fourth-order valence-electron chi connectivity index (χ4n) is 2.49. The van der Waals surface area contributed by atoms with Gasteiger partial charge >= 0.3 is 0 Å². The van der Waals surface area contributed by atoms with E-state index in [4.69, 9.17) is 4.74 Å². The third-order valence-electron chi connectivity index (χ3n) is 3.59. The van der Waals surface area contributed by atoms with Gasteiger partial charge in [0.15, 0.2) is 6.29 Å². The summed E-state index contributed by atoms with van der Waals surface area (Å²) in [6.45, 7) is 2.60. The molecule has 4 atom stereocenters. The molecule has 0 aromatic heterocycles. The van der Waals surface area contributed by atoms with Crippen molar-refractivity contribution in [3.05, 3.63) is 12.2 Å². The van der Waals surface area contributed by atoms with Crippen molar-refractivity contribution >= 4 is 0 Å². The fourth-order valence-corrected chi connectivity index (χ4v) is 2.49. The van der Waals surface area contributed by atoms with Crippen LogP contribution in [-0.2, 0) is 4.74 Å². The van der Waals surface area contributed by atoms with Gasteiger partial charge in [0.2, 0.25) is 0 Å². The first kappa shape index (κ1) is 13.0. The molecule has 0 aromatic rings. The summed E-state index contributed by atoms with van der Waals surface area (Å²) < 4.78 is 5.76. The molecule has 2 aliphatic heterocycles. The molecule has 1 saturated heterocycles. The number of rotatable bonds is 1. The Morgan fingerprint density at radius 2 is 2.12 bits per heavy atom. The van der Waals surface area contributed by atoms with Crippen LogP contribution in [0.15, 0.2) is 12.2 Å². The van der Waals surface area contributed by atoms with E-state index in [1.165, 1.54) is 0 Å². The van der Waals surface area contributed by atoms with Gasteiger partial charge in [-0.1, -0.05) is 12.2 Å². The number of hydrogen-bond acceptors (Lipinski definition) is 5. The minimum Gasteiger partial charge on any atom is -0.378 e. The van der Waals surface area contributed by atoms with Crippen LogP contribution in [0.4, 0.5) is 0 Å². The molecule has 1 fully saturated rings. The maximum atomic E-state index is 9.33. The minimum atomic E-state index is -1.35. The van der Waals surface area contributed by atoms with Gasteiger partial charge in [-0.25, -0.2) is 5.43 Å². The highest BCUT2D eigenvalue weighted by Gasteiger charge is 2.39. The molecule has 98 valence electrons. The van der Waals surface area contributed by atoms with Gasteiger partial charge in [-0.15, -0.1) is 0 Å². The second-order valence-electron chi connectivity index (χ2n) is 4.93. The van der Waals surface area contributed by atoms with E-state index in [-0.39, 0.29) is 24.1 Å². The van der Waals surface area contributed by atoms with Crippen molar-refractivity contribution in [1.82, 2.24) is 10.9 Å². The zero-order chi connectivity index (χ0) is 12.3. The largest absolute Gasteiger partial charge is 0.378 e. The summed E-state index contributed by atoms with van der Waals surface area (Å²) >= 11 is 0. The molecule has 0 aliphatic carbocycles. The maximum Gasteiger partial charge on any atom is 0.168 e. The Morgan fingerprint density at radius 1 is 1.29 bits per heavy atom. The van der Waals surface area contributed by atoms with Gasteiger partial charge in [-0.2, -0.15) is 0 Å². The quantitative estimate of drug-likeness (QED) is 0.382. The lowest BCUT2D eigenvalue weighted by Crippen LogP contribution is -2.42. The molecule has 2 rings (SSSR count). The summed E-state index contributed by atoms with van der Waals surface area (Å²) in [6, 6.07) is -0.118. The highest BCUT2D eigenvalue weighted by Crippen LogP contribution is 2.23. The van der Waals surface area contributed by atoms with E-state index >= 15 is 0 Å². The number of fused-ring (bicyclic) bond motifs is 1. The normalized spacial score (nSPS) is 41.2. The second-order valence-corrected chi connectivity index (χ2v) is 4.93. The van der Waals surface area contributed by atoms with Crippen LogP contribution in [0.3, 0.4) is 0 Å². The third kappa shape index (κ3) is 3.26. The van der Waals surface area contributed by atoms with Crippen LogP contribution >= 0.6 is 0 Å². The van der Waals surface area contributed by atoms with Crippen molar-refractivity contribution in [3.63, 3.8) is 0 Å². The molecule has 17 heavy (non-hydrogen) atoms. The van der Waals surface area contributed by atoms with Crippen molar-refractivity contribution in [2.75, 3.05) is 6.61 Å². The summed E-state index contributed by atoms with van der Waals surface area (Å²) in [6.07, 6.45) is 6.08. The Labute approximate surface area is 102 Å². The van der Waals surface area contributed by atoms with Gasteiger partial charge < -0.3 is 14.9 Å². The van der Waals surface area contributed by atoms with Gasteiger partial charge in [0.25, 0.3) is 0 Å². The van der Waals surface area contributed by atoms with E-state index in [1.54, 1.807) is 0 Å². The monoisotopic (exact) mass is 242 g/mol. The molecule has 2 heterocycles. The first-order valence-corrected chi connectivity index (χ1v) is 6.32. The van der Waals surface area contributed by atoms with Crippen LogP contribution in [0.2, 0.25) is 0 Å².